The van der Waals surface area contributed by atoms with E-state index in [9.17, 15) is 9.59 Å². The summed E-state index contributed by atoms with van der Waals surface area (Å²) in [5, 5.41) is 2.66. The molecular formula is C20H21NO5. The summed E-state index contributed by atoms with van der Waals surface area (Å²) in [6.07, 6.45) is 3.14. The topological polar surface area (TPSA) is 73.9 Å². The van der Waals surface area contributed by atoms with E-state index in [1.807, 2.05) is 0 Å². The molecular weight excluding hydrogens is 334 g/mol. The predicted octanol–water partition coefficient (Wildman–Crippen LogP) is 3.57. The van der Waals surface area contributed by atoms with Gasteiger partial charge in [-0.3, -0.25) is 9.59 Å². The molecule has 136 valence electrons. The Balaban J connectivity index is 2.20. The molecule has 6 nitrogen and oxygen atoms in total. The summed E-state index contributed by atoms with van der Waals surface area (Å²) in [6, 6.07) is 10.2. The predicted molar refractivity (Wildman–Crippen MR) is 100 cm³/mol. The van der Waals surface area contributed by atoms with Crippen LogP contribution in [0.5, 0.6) is 17.2 Å². The number of ether oxygens (including phenoxy) is 3. The van der Waals surface area contributed by atoms with Crippen LogP contribution in [0.1, 0.15) is 22.8 Å². The quantitative estimate of drug-likeness (QED) is 0.607. The van der Waals surface area contributed by atoms with Crippen LogP contribution >= 0.6 is 0 Å². The number of ketones is 1. The molecule has 2 aromatic rings. The van der Waals surface area contributed by atoms with Crippen LogP contribution in [0.15, 0.2) is 42.5 Å². The normalized spacial score (nSPS) is 10.5. The number of allylic oxidation sites excluding steroid dienone is 1. The van der Waals surface area contributed by atoms with Crippen LogP contribution in [-0.2, 0) is 4.79 Å². The van der Waals surface area contributed by atoms with E-state index in [0.29, 0.717) is 28.5 Å². The van der Waals surface area contributed by atoms with Crippen LogP contribution < -0.4 is 19.5 Å². The van der Waals surface area contributed by atoms with Crippen molar-refractivity contribution in [2.45, 2.75) is 6.92 Å². The van der Waals surface area contributed by atoms with E-state index in [1.165, 1.54) is 34.3 Å². The molecule has 0 atom stereocenters. The molecule has 0 unspecified atom stereocenters. The maximum absolute atomic E-state index is 12.3. The van der Waals surface area contributed by atoms with E-state index in [-0.39, 0.29) is 11.7 Å². The monoisotopic (exact) mass is 355 g/mol. The zero-order valence-corrected chi connectivity index (χ0v) is 15.2. The first-order chi connectivity index (χ1) is 12.5. The van der Waals surface area contributed by atoms with Crippen LogP contribution in [0, 0.1) is 0 Å². The van der Waals surface area contributed by atoms with E-state index < -0.39 is 0 Å². The molecule has 0 heterocycles. The van der Waals surface area contributed by atoms with Gasteiger partial charge >= 0.3 is 0 Å². The fourth-order valence-corrected chi connectivity index (χ4v) is 2.39. The number of hydrogen-bond donors (Lipinski definition) is 1. The molecule has 0 aromatic heterocycles. The van der Waals surface area contributed by atoms with Gasteiger partial charge in [0, 0.05) is 18.2 Å². The van der Waals surface area contributed by atoms with E-state index >= 15 is 0 Å². The maximum atomic E-state index is 12.3. The first-order valence-corrected chi connectivity index (χ1v) is 7.88. The van der Waals surface area contributed by atoms with Gasteiger partial charge in [0.05, 0.1) is 21.3 Å². The van der Waals surface area contributed by atoms with Gasteiger partial charge in [-0.25, -0.2) is 0 Å². The maximum Gasteiger partial charge on any atom is 0.221 e. The molecule has 0 saturated carbocycles. The fourth-order valence-electron chi connectivity index (χ4n) is 2.39. The Labute approximate surface area is 152 Å². The highest BCUT2D eigenvalue weighted by Gasteiger charge is 2.12. The van der Waals surface area contributed by atoms with Crippen LogP contribution in [0.4, 0.5) is 5.69 Å². The first kappa shape index (κ1) is 19.1. The molecule has 6 heteroatoms. The van der Waals surface area contributed by atoms with Gasteiger partial charge in [-0.15, -0.1) is 0 Å². The summed E-state index contributed by atoms with van der Waals surface area (Å²) in [4.78, 5) is 23.3. The number of hydrogen-bond acceptors (Lipinski definition) is 5. The van der Waals surface area contributed by atoms with Gasteiger partial charge in [-0.2, -0.15) is 0 Å². The Morgan fingerprint density at radius 3 is 1.96 bits per heavy atom. The minimum atomic E-state index is -0.161. The Bertz CT molecular complexity index is 800. The van der Waals surface area contributed by atoms with Gasteiger partial charge in [0.2, 0.25) is 11.7 Å². The van der Waals surface area contributed by atoms with Crippen molar-refractivity contribution in [3.05, 3.63) is 53.6 Å². The zero-order chi connectivity index (χ0) is 19.1. The summed E-state index contributed by atoms with van der Waals surface area (Å²) in [5.41, 5.74) is 1.90. The van der Waals surface area contributed by atoms with Crippen molar-refractivity contribution in [2.24, 2.45) is 0 Å². The van der Waals surface area contributed by atoms with Gasteiger partial charge < -0.3 is 19.5 Å². The number of amides is 1. The van der Waals surface area contributed by atoms with E-state index in [0.717, 1.165) is 5.56 Å². The van der Waals surface area contributed by atoms with Crippen LogP contribution in [0.3, 0.4) is 0 Å². The smallest absolute Gasteiger partial charge is 0.221 e. The third-order valence-corrected chi connectivity index (χ3v) is 3.60. The first-order valence-electron chi connectivity index (χ1n) is 7.88. The Morgan fingerprint density at radius 2 is 1.50 bits per heavy atom. The minimum absolute atomic E-state index is 0.159. The van der Waals surface area contributed by atoms with E-state index in [2.05, 4.69) is 5.32 Å². The molecule has 0 radical (unpaired) electrons. The molecule has 2 rings (SSSR count). The van der Waals surface area contributed by atoms with Crippen molar-refractivity contribution in [1.29, 1.82) is 0 Å². The second-order valence-electron chi connectivity index (χ2n) is 5.41. The third kappa shape index (κ3) is 4.63. The van der Waals surface area contributed by atoms with Crippen LogP contribution in [0.25, 0.3) is 6.08 Å². The fraction of sp³-hybridized carbons (Fsp3) is 0.200. The Morgan fingerprint density at radius 1 is 0.923 bits per heavy atom. The van der Waals surface area contributed by atoms with Crippen molar-refractivity contribution in [2.75, 3.05) is 26.6 Å². The molecule has 0 bridgehead atoms. The lowest BCUT2D eigenvalue weighted by molar-refractivity contribution is -0.114. The molecule has 0 aliphatic rings. The molecule has 0 aliphatic carbocycles. The summed E-state index contributed by atoms with van der Waals surface area (Å²) in [6.45, 7) is 1.43. The largest absolute Gasteiger partial charge is 0.493 e. The Hall–Kier alpha value is -3.28. The average molecular weight is 355 g/mol. The number of benzene rings is 2. The SMILES string of the molecule is COc1cc(/C=C/C(=O)c2ccc(NC(C)=O)cc2)cc(OC)c1OC. The number of rotatable bonds is 7. The second kappa shape index (κ2) is 8.71. The molecule has 1 N–H and O–H groups in total. The van der Waals surface area contributed by atoms with Gasteiger partial charge in [0.1, 0.15) is 0 Å². The zero-order valence-electron chi connectivity index (χ0n) is 15.2. The van der Waals surface area contributed by atoms with Crippen LogP contribution in [-0.4, -0.2) is 33.0 Å². The summed E-state index contributed by atoms with van der Waals surface area (Å²) >= 11 is 0. The van der Waals surface area contributed by atoms with Crippen molar-refractivity contribution in [3.8, 4) is 17.2 Å². The lowest BCUT2D eigenvalue weighted by Gasteiger charge is -2.12. The average Bonchev–Trinajstić information content (AvgIpc) is 2.65. The number of nitrogens with one attached hydrogen (secondary N) is 1. The highest BCUT2D eigenvalue weighted by molar-refractivity contribution is 6.07. The highest BCUT2D eigenvalue weighted by Crippen LogP contribution is 2.38. The standard InChI is InChI=1S/C20H21NO5/c1-13(22)21-16-8-6-15(7-9-16)17(23)10-5-14-11-18(24-2)20(26-4)19(12-14)25-3/h5-12H,1-4H3,(H,21,22)/b10-5+. The minimum Gasteiger partial charge on any atom is -0.493 e. The number of carbonyl (C=O) groups is 2. The van der Waals surface area contributed by atoms with E-state index in [4.69, 9.17) is 14.2 Å². The van der Waals surface area contributed by atoms with Gasteiger partial charge in [-0.1, -0.05) is 6.08 Å². The van der Waals surface area contributed by atoms with E-state index in [1.54, 1.807) is 42.5 Å². The molecule has 0 spiro atoms. The molecule has 2 aromatic carbocycles. The number of methoxy groups -OCH3 is 3. The van der Waals surface area contributed by atoms with Gasteiger partial charge in [-0.05, 0) is 48.0 Å². The summed E-state index contributed by atoms with van der Waals surface area (Å²) in [7, 11) is 4.60. The highest BCUT2D eigenvalue weighted by atomic mass is 16.5. The van der Waals surface area contributed by atoms with Crippen molar-refractivity contribution >= 4 is 23.5 Å². The Kier molecular flexibility index (Phi) is 6.38. The second-order valence-corrected chi connectivity index (χ2v) is 5.41. The van der Waals surface area contributed by atoms with Crippen LogP contribution in [0.2, 0.25) is 0 Å². The number of anilines is 1. The van der Waals surface area contributed by atoms with Crippen molar-refractivity contribution in [1.82, 2.24) is 0 Å². The summed E-state index contributed by atoms with van der Waals surface area (Å²) in [5.74, 6) is 1.20. The number of carbonyl (C=O) groups excluding carboxylic acids is 2. The van der Waals surface area contributed by atoms with Gasteiger partial charge in [0.25, 0.3) is 0 Å². The summed E-state index contributed by atoms with van der Waals surface area (Å²) < 4.78 is 15.9. The lowest BCUT2D eigenvalue weighted by atomic mass is 10.1. The molecule has 26 heavy (non-hydrogen) atoms. The molecule has 0 saturated heterocycles. The van der Waals surface area contributed by atoms with Crippen molar-refractivity contribution in [3.63, 3.8) is 0 Å². The van der Waals surface area contributed by atoms with Gasteiger partial charge in [0.15, 0.2) is 17.3 Å². The van der Waals surface area contributed by atoms with Crippen molar-refractivity contribution < 1.29 is 23.8 Å². The molecule has 0 fully saturated rings. The molecule has 0 aliphatic heterocycles. The molecule has 1 amide bonds. The lowest BCUT2D eigenvalue weighted by Crippen LogP contribution is -2.05. The third-order valence-electron chi connectivity index (χ3n) is 3.60.